The largest absolute Gasteiger partial charge is 0.392 e. The Labute approximate surface area is 165 Å². The Kier molecular flexibility index (Phi) is 5.82. The van der Waals surface area contributed by atoms with Crippen LogP contribution in [0.5, 0.6) is 0 Å². The molecule has 0 radical (unpaired) electrons. The van der Waals surface area contributed by atoms with E-state index in [0.717, 1.165) is 12.0 Å². The normalized spacial score (nSPS) is 22.2. The third-order valence-electron chi connectivity index (χ3n) is 6.67. The monoisotopic (exact) mass is 364 g/mol. The van der Waals surface area contributed by atoms with E-state index in [1.807, 2.05) is 6.08 Å². The van der Waals surface area contributed by atoms with Crippen molar-refractivity contribution in [1.29, 1.82) is 0 Å². The highest BCUT2D eigenvalue weighted by Gasteiger charge is 2.37. The second kappa shape index (κ2) is 7.80. The molecule has 0 amide bonds. The molecule has 0 unspecified atom stereocenters. The molecule has 1 aromatic carbocycles. The molecule has 2 aliphatic carbocycles. The summed E-state index contributed by atoms with van der Waals surface area (Å²) in [5, 5.41) is 9.09. The van der Waals surface area contributed by atoms with Gasteiger partial charge in [0.2, 0.25) is 0 Å². The van der Waals surface area contributed by atoms with Gasteiger partial charge in [0.15, 0.2) is 0 Å². The summed E-state index contributed by atoms with van der Waals surface area (Å²) in [5.41, 5.74) is 9.17. The van der Waals surface area contributed by atoms with Gasteiger partial charge < -0.3 is 5.11 Å². The molecule has 0 atom stereocenters. The standard InChI is InChI=1S/C26H36O/c1-19(14-17-27)10-11-20-8-6-7-9-22(20)21-12-13-23-24(18-21)26(4,5)16-15-25(23,2)3/h10-14,18,27H,6-9,15-17H2,1-5H3/b11-10?,19-14+. The first-order valence-corrected chi connectivity index (χ1v) is 10.6. The minimum absolute atomic E-state index is 0.109. The summed E-state index contributed by atoms with van der Waals surface area (Å²) in [4.78, 5) is 0. The summed E-state index contributed by atoms with van der Waals surface area (Å²) in [7, 11) is 0. The lowest BCUT2D eigenvalue weighted by atomic mass is 9.62. The highest BCUT2D eigenvalue weighted by Crippen LogP contribution is 2.47. The van der Waals surface area contributed by atoms with Crippen LogP contribution in [0.2, 0.25) is 0 Å². The molecule has 0 fully saturated rings. The first-order valence-electron chi connectivity index (χ1n) is 10.6. The molecule has 0 aliphatic heterocycles. The zero-order valence-electron chi connectivity index (χ0n) is 17.9. The minimum Gasteiger partial charge on any atom is -0.392 e. The maximum absolute atomic E-state index is 9.09. The number of fused-ring (bicyclic) bond motifs is 1. The van der Waals surface area contributed by atoms with Crippen LogP contribution < -0.4 is 0 Å². The van der Waals surface area contributed by atoms with Crippen LogP contribution in [-0.4, -0.2) is 11.7 Å². The molecule has 27 heavy (non-hydrogen) atoms. The average Bonchev–Trinajstić information content (AvgIpc) is 2.64. The van der Waals surface area contributed by atoms with E-state index >= 15 is 0 Å². The third kappa shape index (κ3) is 4.29. The molecule has 1 aromatic rings. The maximum Gasteiger partial charge on any atom is 0.0617 e. The fourth-order valence-electron chi connectivity index (χ4n) is 4.66. The Morgan fingerprint density at radius 2 is 1.67 bits per heavy atom. The first kappa shape index (κ1) is 20.1. The number of benzene rings is 1. The van der Waals surface area contributed by atoms with Gasteiger partial charge in [0, 0.05) is 0 Å². The molecule has 0 heterocycles. The summed E-state index contributed by atoms with van der Waals surface area (Å²) >= 11 is 0. The van der Waals surface area contributed by atoms with Crippen molar-refractivity contribution in [1.82, 2.24) is 0 Å². The average molecular weight is 365 g/mol. The van der Waals surface area contributed by atoms with Crippen molar-refractivity contribution in [3.05, 3.63) is 64.3 Å². The van der Waals surface area contributed by atoms with E-state index in [1.54, 1.807) is 5.56 Å². The van der Waals surface area contributed by atoms with Crippen LogP contribution in [0.15, 0.2) is 47.6 Å². The second-order valence-corrected chi connectivity index (χ2v) is 9.70. The molecule has 0 saturated heterocycles. The van der Waals surface area contributed by atoms with Gasteiger partial charge in [-0.1, -0.05) is 69.7 Å². The Hall–Kier alpha value is -1.60. The van der Waals surface area contributed by atoms with Crippen LogP contribution in [0.1, 0.15) is 89.8 Å². The molecular weight excluding hydrogens is 328 g/mol. The van der Waals surface area contributed by atoms with Gasteiger partial charge in [-0.2, -0.15) is 0 Å². The highest BCUT2D eigenvalue weighted by molar-refractivity contribution is 5.73. The van der Waals surface area contributed by atoms with E-state index in [2.05, 4.69) is 65.0 Å². The third-order valence-corrected chi connectivity index (χ3v) is 6.67. The summed E-state index contributed by atoms with van der Waals surface area (Å²) in [6, 6.07) is 7.28. The van der Waals surface area contributed by atoms with E-state index in [1.165, 1.54) is 54.4 Å². The predicted octanol–water partition coefficient (Wildman–Crippen LogP) is 6.86. The van der Waals surface area contributed by atoms with Gasteiger partial charge in [-0.15, -0.1) is 0 Å². The van der Waals surface area contributed by atoms with Gasteiger partial charge in [-0.05, 0) is 84.1 Å². The Balaban J connectivity index is 2.05. The van der Waals surface area contributed by atoms with Crippen molar-refractivity contribution < 1.29 is 5.11 Å². The summed E-state index contributed by atoms with van der Waals surface area (Å²) in [5.74, 6) is 0. The summed E-state index contributed by atoms with van der Waals surface area (Å²) in [6.45, 7) is 11.8. The van der Waals surface area contributed by atoms with Gasteiger partial charge in [-0.3, -0.25) is 0 Å². The number of allylic oxidation sites excluding steroid dienone is 5. The lowest BCUT2D eigenvalue weighted by molar-refractivity contribution is 0.332. The topological polar surface area (TPSA) is 20.2 Å². The van der Waals surface area contributed by atoms with Crippen molar-refractivity contribution >= 4 is 5.57 Å². The second-order valence-electron chi connectivity index (χ2n) is 9.70. The smallest absolute Gasteiger partial charge is 0.0617 e. The van der Waals surface area contributed by atoms with Crippen molar-refractivity contribution in [2.75, 3.05) is 6.61 Å². The van der Waals surface area contributed by atoms with Gasteiger partial charge in [0.25, 0.3) is 0 Å². The molecule has 1 N–H and O–H groups in total. The van der Waals surface area contributed by atoms with Crippen LogP contribution >= 0.6 is 0 Å². The zero-order valence-corrected chi connectivity index (χ0v) is 17.9. The number of hydrogen-bond donors (Lipinski definition) is 1. The fourth-order valence-corrected chi connectivity index (χ4v) is 4.66. The molecule has 0 spiro atoms. The fraction of sp³-hybridized carbons (Fsp3) is 0.538. The van der Waals surface area contributed by atoms with E-state index in [9.17, 15) is 0 Å². The van der Waals surface area contributed by atoms with Crippen LogP contribution in [0.4, 0.5) is 0 Å². The van der Waals surface area contributed by atoms with Crippen molar-refractivity contribution in [3.8, 4) is 0 Å². The van der Waals surface area contributed by atoms with Gasteiger partial charge in [0.1, 0.15) is 0 Å². The van der Waals surface area contributed by atoms with E-state index in [4.69, 9.17) is 5.11 Å². The van der Waals surface area contributed by atoms with Crippen LogP contribution in [0.25, 0.3) is 5.57 Å². The van der Waals surface area contributed by atoms with Gasteiger partial charge in [-0.25, -0.2) is 0 Å². The van der Waals surface area contributed by atoms with Crippen LogP contribution in [-0.2, 0) is 10.8 Å². The van der Waals surface area contributed by atoms with Crippen molar-refractivity contribution in [2.24, 2.45) is 0 Å². The molecule has 1 heteroatoms. The SMILES string of the molecule is C/C(C=CC1=C(c2ccc3c(c2)C(C)(C)CCC3(C)C)CCCC1)=C\CO. The number of rotatable bonds is 4. The van der Waals surface area contributed by atoms with E-state index in [-0.39, 0.29) is 17.4 Å². The predicted molar refractivity (Wildman–Crippen MR) is 117 cm³/mol. The molecule has 2 aliphatic rings. The van der Waals surface area contributed by atoms with E-state index in [0.29, 0.717) is 0 Å². The Morgan fingerprint density at radius 3 is 2.37 bits per heavy atom. The molecule has 146 valence electrons. The minimum atomic E-state index is 0.109. The Morgan fingerprint density at radius 1 is 1.00 bits per heavy atom. The first-order chi connectivity index (χ1) is 12.7. The molecule has 3 rings (SSSR count). The number of aliphatic hydroxyl groups excluding tert-OH is 1. The van der Waals surface area contributed by atoms with Crippen LogP contribution in [0, 0.1) is 0 Å². The van der Waals surface area contributed by atoms with Gasteiger partial charge >= 0.3 is 0 Å². The maximum atomic E-state index is 9.09. The lowest BCUT2D eigenvalue weighted by Crippen LogP contribution is -2.33. The number of aliphatic hydroxyl groups is 1. The number of hydrogen-bond acceptors (Lipinski definition) is 1. The quantitative estimate of drug-likeness (QED) is 0.579. The molecule has 0 saturated carbocycles. The molecular formula is C26H36O. The molecule has 1 nitrogen and oxygen atoms in total. The highest BCUT2D eigenvalue weighted by atomic mass is 16.2. The zero-order chi connectivity index (χ0) is 19.7. The lowest BCUT2D eigenvalue weighted by Gasteiger charge is -2.42. The Bertz CT molecular complexity index is 786. The van der Waals surface area contributed by atoms with Crippen molar-refractivity contribution in [3.63, 3.8) is 0 Å². The molecule has 0 aromatic heterocycles. The van der Waals surface area contributed by atoms with Crippen LogP contribution in [0.3, 0.4) is 0 Å². The summed E-state index contributed by atoms with van der Waals surface area (Å²) < 4.78 is 0. The summed E-state index contributed by atoms with van der Waals surface area (Å²) in [6.07, 6.45) is 13.7. The van der Waals surface area contributed by atoms with Crippen molar-refractivity contribution in [2.45, 2.75) is 84.0 Å². The van der Waals surface area contributed by atoms with E-state index < -0.39 is 0 Å². The van der Waals surface area contributed by atoms with Gasteiger partial charge in [0.05, 0.1) is 6.61 Å². The molecule has 0 bridgehead atoms.